The largest absolute Gasteiger partial charge is 0.387 e. The quantitative estimate of drug-likeness (QED) is 0.384. The molecule has 9 heteroatoms. The normalized spacial score (nSPS) is 26.7. The van der Waals surface area contributed by atoms with E-state index in [1.807, 2.05) is 48.5 Å². The minimum absolute atomic E-state index is 0.650. The van der Waals surface area contributed by atoms with Gasteiger partial charge in [-0.15, -0.1) is 0 Å². The highest BCUT2D eigenvalue weighted by molar-refractivity contribution is 5.80. The Morgan fingerprint density at radius 1 is 0.903 bits per heavy atom. The van der Waals surface area contributed by atoms with Crippen LogP contribution in [0.15, 0.2) is 54.6 Å². The van der Waals surface area contributed by atoms with Gasteiger partial charge in [-0.2, -0.15) is 0 Å². The predicted octanol–water partition coefficient (Wildman–Crippen LogP) is 0.182. The maximum Gasteiger partial charge on any atom is 0.386 e. The number of aliphatic hydroxyl groups is 4. The average molecular weight is 432 g/mol. The summed E-state index contributed by atoms with van der Waals surface area (Å²) in [7, 11) is 0. The smallest absolute Gasteiger partial charge is 0.386 e. The van der Waals surface area contributed by atoms with Crippen LogP contribution in [0, 0.1) is 0 Å². The first-order valence-electron chi connectivity index (χ1n) is 9.70. The van der Waals surface area contributed by atoms with E-state index in [1.165, 1.54) is 0 Å². The molecule has 31 heavy (non-hydrogen) atoms. The molecule has 6 atom stereocenters. The van der Waals surface area contributed by atoms with E-state index < -0.39 is 48.6 Å². The molecule has 2 aromatic rings. The molecule has 1 aliphatic rings. The molecule has 0 spiro atoms. The lowest BCUT2D eigenvalue weighted by atomic mass is 9.96. The Bertz CT molecular complexity index is 901. The van der Waals surface area contributed by atoms with E-state index in [0.29, 0.717) is 12.0 Å². The number of rotatable bonds is 5. The molecule has 0 saturated carbocycles. The Hall–Kier alpha value is -2.82. The van der Waals surface area contributed by atoms with Crippen molar-refractivity contribution in [2.45, 2.75) is 50.0 Å². The summed E-state index contributed by atoms with van der Waals surface area (Å²) in [6.45, 7) is 1.58. The van der Waals surface area contributed by atoms with Crippen LogP contribution in [0.5, 0.6) is 0 Å². The lowest BCUT2D eigenvalue weighted by molar-refractivity contribution is -0.305. The topological polar surface area (TPSA) is 143 Å². The number of benzene rings is 2. The van der Waals surface area contributed by atoms with Crippen molar-refractivity contribution in [2.24, 2.45) is 0 Å². The summed E-state index contributed by atoms with van der Waals surface area (Å²) in [5.74, 6) is -2.97. The van der Waals surface area contributed by atoms with E-state index in [2.05, 4.69) is 9.78 Å². The third-order valence-corrected chi connectivity index (χ3v) is 5.08. The molecule has 0 amide bonds. The van der Waals surface area contributed by atoms with Gasteiger partial charge in [-0.3, -0.25) is 0 Å². The van der Waals surface area contributed by atoms with Crippen LogP contribution >= 0.6 is 0 Å². The van der Waals surface area contributed by atoms with Gasteiger partial charge in [0.1, 0.15) is 18.3 Å². The van der Waals surface area contributed by atoms with Crippen LogP contribution in [-0.2, 0) is 30.5 Å². The number of carbonyl (C=O) groups excluding carboxylic acids is 2. The summed E-state index contributed by atoms with van der Waals surface area (Å²) in [6.07, 6.45) is -8.60. The maximum atomic E-state index is 12.3. The summed E-state index contributed by atoms with van der Waals surface area (Å²) in [4.78, 5) is 33.4. The van der Waals surface area contributed by atoms with Crippen molar-refractivity contribution in [1.82, 2.24) is 0 Å². The molecule has 1 heterocycles. The highest BCUT2D eigenvalue weighted by Gasteiger charge is 2.47. The summed E-state index contributed by atoms with van der Waals surface area (Å²) >= 11 is 0. The highest BCUT2D eigenvalue weighted by Crippen LogP contribution is 2.23. The summed E-state index contributed by atoms with van der Waals surface area (Å²) in [5, 5.41) is 38.3. The van der Waals surface area contributed by atoms with Gasteiger partial charge in [0.2, 0.25) is 0 Å². The van der Waals surface area contributed by atoms with Gasteiger partial charge in [0.15, 0.2) is 12.4 Å². The van der Waals surface area contributed by atoms with Crippen molar-refractivity contribution in [2.75, 3.05) is 0 Å². The second kappa shape index (κ2) is 9.99. The third-order valence-electron chi connectivity index (χ3n) is 5.08. The molecule has 0 aromatic heterocycles. The molecule has 0 bridgehead atoms. The Balaban J connectivity index is 1.58. The summed E-state index contributed by atoms with van der Waals surface area (Å²) in [6, 6.07) is 17.1. The Kier molecular flexibility index (Phi) is 7.37. The van der Waals surface area contributed by atoms with E-state index in [-0.39, 0.29) is 0 Å². The van der Waals surface area contributed by atoms with Crippen LogP contribution in [0.1, 0.15) is 29.5 Å². The fourth-order valence-corrected chi connectivity index (χ4v) is 3.20. The van der Waals surface area contributed by atoms with E-state index in [0.717, 1.165) is 11.1 Å². The van der Waals surface area contributed by atoms with E-state index >= 15 is 0 Å². The van der Waals surface area contributed by atoms with Crippen molar-refractivity contribution in [3.8, 4) is 0 Å². The minimum Gasteiger partial charge on any atom is -0.387 e. The number of hydrogen-bond donors (Lipinski definition) is 4. The molecule has 9 nitrogen and oxygen atoms in total. The summed E-state index contributed by atoms with van der Waals surface area (Å²) in [5.41, 5.74) is 2.75. The molecule has 2 aromatic carbocycles. The second-order valence-electron chi connectivity index (χ2n) is 7.35. The number of hydrogen-bond acceptors (Lipinski definition) is 9. The number of carbonyl (C=O) groups is 2. The van der Waals surface area contributed by atoms with Gasteiger partial charge in [-0.25, -0.2) is 19.4 Å². The van der Waals surface area contributed by atoms with Crippen LogP contribution in [0.25, 0.3) is 0 Å². The zero-order valence-electron chi connectivity index (χ0n) is 16.7. The highest BCUT2D eigenvalue weighted by atomic mass is 17.2. The average Bonchev–Trinajstić information content (AvgIpc) is 2.78. The molecule has 0 unspecified atom stereocenters. The van der Waals surface area contributed by atoms with Gasteiger partial charge in [0.25, 0.3) is 0 Å². The van der Waals surface area contributed by atoms with Crippen LogP contribution in [-0.4, -0.2) is 63.1 Å². The van der Waals surface area contributed by atoms with Gasteiger partial charge in [-0.1, -0.05) is 54.6 Å². The lowest BCUT2D eigenvalue weighted by Gasteiger charge is -2.36. The van der Waals surface area contributed by atoms with Crippen molar-refractivity contribution in [3.63, 3.8) is 0 Å². The monoisotopic (exact) mass is 432 g/mol. The van der Waals surface area contributed by atoms with Gasteiger partial charge in [0, 0.05) is 0 Å². The van der Waals surface area contributed by atoms with E-state index in [4.69, 9.17) is 4.74 Å². The van der Waals surface area contributed by atoms with Crippen molar-refractivity contribution in [1.29, 1.82) is 0 Å². The van der Waals surface area contributed by atoms with Crippen molar-refractivity contribution >= 4 is 11.9 Å². The molecule has 166 valence electrons. The molecule has 1 saturated heterocycles. The van der Waals surface area contributed by atoms with Gasteiger partial charge in [0.05, 0.1) is 5.92 Å². The SMILES string of the molecule is C[C@H](C(=O)OOC(=O)[C@H]1O[C@H](O)[C@H](O)[C@@H](O)[C@@H]1O)c1cccc(Cc2ccccc2)c1. The van der Waals surface area contributed by atoms with Gasteiger partial charge < -0.3 is 25.2 Å². The van der Waals surface area contributed by atoms with Crippen LogP contribution < -0.4 is 0 Å². The van der Waals surface area contributed by atoms with Crippen LogP contribution in [0.3, 0.4) is 0 Å². The van der Waals surface area contributed by atoms with Crippen LogP contribution in [0.2, 0.25) is 0 Å². The number of aliphatic hydroxyl groups excluding tert-OH is 4. The summed E-state index contributed by atoms with van der Waals surface area (Å²) < 4.78 is 4.72. The first-order chi connectivity index (χ1) is 14.8. The van der Waals surface area contributed by atoms with E-state index in [1.54, 1.807) is 13.0 Å². The first-order valence-corrected chi connectivity index (χ1v) is 9.70. The molecular weight excluding hydrogens is 408 g/mol. The Labute approximate surface area is 178 Å². The first kappa shape index (κ1) is 22.9. The van der Waals surface area contributed by atoms with Crippen molar-refractivity contribution < 1.29 is 44.5 Å². The van der Waals surface area contributed by atoms with Gasteiger partial charge in [-0.05, 0) is 30.0 Å². The fourth-order valence-electron chi connectivity index (χ4n) is 3.20. The fraction of sp³-hybridized carbons (Fsp3) is 0.364. The zero-order valence-corrected chi connectivity index (χ0v) is 16.7. The molecule has 1 fully saturated rings. The molecule has 0 aliphatic carbocycles. The maximum absolute atomic E-state index is 12.3. The molecule has 3 rings (SSSR count). The zero-order chi connectivity index (χ0) is 22.5. The second-order valence-corrected chi connectivity index (χ2v) is 7.35. The Morgan fingerprint density at radius 3 is 2.29 bits per heavy atom. The molecule has 0 radical (unpaired) electrons. The third kappa shape index (κ3) is 5.46. The minimum atomic E-state index is -1.92. The molecule has 4 N–H and O–H groups in total. The van der Waals surface area contributed by atoms with Gasteiger partial charge >= 0.3 is 11.9 Å². The van der Waals surface area contributed by atoms with Crippen molar-refractivity contribution in [3.05, 3.63) is 71.3 Å². The predicted molar refractivity (Wildman–Crippen MR) is 105 cm³/mol. The number of ether oxygens (including phenoxy) is 1. The van der Waals surface area contributed by atoms with Crippen LogP contribution in [0.4, 0.5) is 0 Å². The standard InChI is InChI=1S/C22H24O9/c1-12(15-9-5-8-14(11-15)10-13-6-3-2-4-7-13)20(26)30-31-22(28)19-17(24)16(23)18(25)21(27)29-19/h2-9,11-12,16-19,21,23-25,27H,10H2,1H3/t12-,16-,17-,18+,19-,21-/m0/s1. The molecular formula is C22H24O9. The lowest BCUT2D eigenvalue weighted by Crippen LogP contribution is -2.60. The Morgan fingerprint density at radius 2 is 1.58 bits per heavy atom. The van der Waals surface area contributed by atoms with E-state index in [9.17, 15) is 30.0 Å². The molecule has 1 aliphatic heterocycles.